The third kappa shape index (κ3) is 2.85. The maximum Gasteiger partial charge on any atom is 0.0834 e. The lowest BCUT2D eigenvalue weighted by molar-refractivity contribution is -0.0293. The zero-order valence-corrected chi connectivity index (χ0v) is 11.7. The van der Waals surface area contributed by atoms with Gasteiger partial charge in [-0.15, -0.1) is 0 Å². The van der Waals surface area contributed by atoms with E-state index >= 15 is 0 Å². The van der Waals surface area contributed by atoms with E-state index in [9.17, 15) is 0 Å². The summed E-state index contributed by atoms with van der Waals surface area (Å²) in [5, 5.41) is 4.81. The molecule has 6 heteroatoms. The summed E-state index contributed by atoms with van der Waals surface area (Å²) >= 11 is 6.14. The maximum atomic E-state index is 6.14. The van der Waals surface area contributed by atoms with Gasteiger partial charge in [-0.25, -0.2) is 0 Å². The van der Waals surface area contributed by atoms with Crippen LogP contribution in [-0.2, 0) is 11.8 Å². The van der Waals surface area contributed by atoms with Crippen LogP contribution in [0.4, 0.5) is 0 Å². The van der Waals surface area contributed by atoms with Crippen molar-refractivity contribution < 1.29 is 4.74 Å². The van der Waals surface area contributed by atoms with Crippen molar-refractivity contribution in [2.75, 3.05) is 6.61 Å². The van der Waals surface area contributed by atoms with Gasteiger partial charge in [0.15, 0.2) is 0 Å². The summed E-state index contributed by atoms with van der Waals surface area (Å²) < 4.78 is 7.35. The van der Waals surface area contributed by atoms with Gasteiger partial charge in [-0.05, 0) is 32.1 Å². The molecule has 0 bridgehead atoms. The lowest BCUT2D eigenvalue weighted by Crippen LogP contribution is -2.37. The van der Waals surface area contributed by atoms with Crippen molar-refractivity contribution >= 4 is 11.6 Å². The Balaban J connectivity index is 1.91. The van der Waals surface area contributed by atoms with Crippen LogP contribution in [0.1, 0.15) is 37.9 Å². The third-order valence-corrected chi connectivity index (χ3v) is 3.92. The first-order chi connectivity index (χ1) is 8.65. The second-order valence-electron chi connectivity index (χ2n) is 4.87. The average molecular weight is 273 g/mol. The first-order valence-electron chi connectivity index (χ1n) is 6.40. The van der Waals surface area contributed by atoms with Crippen molar-refractivity contribution in [3.8, 4) is 0 Å². The summed E-state index contributed by atoms with van der Waals surface area (Å²) in [6, 6.07) is 0.0533. The van der Waals surface area contributed by atoms with E-state index in [2.05, 4.69) is 10.5 Å². The van der Waals surface area contributed by atoms with Gasteiger partial charge in [0.1, 0.15) is 0 Å². The van der Waals surface area contributed by atoms with Gasteiger partial charge < -0.3 is 4.74 Å². The molecule has 1 fully saturated rings. The largest absolute Gasteiger partial charge is 0.378 e. The minimum absolute atomic E-state index is 0.0533. The molecule has 1 aromatic heterocycles. The number of rotatable bonds is 6. The molecule has 5 nitrogen and oxygen atoms in total. The first kappa shape index (κ1) is 13.8. The lowest BCUT2D eigenvalue weighted by Gasteiger charge is -2.36. The van der Waals surface area contributed by atoms with Gasteiger partial charge in [0.2, 0.25) is 0 Å². The fourth-order valence-electron chi connectivity index (χ4n) is 2.64. The van der Waals surface area contributed by atoms with Gasteiger partial charge in [0, 0.05) is 13.7 Å². The number of aryl methyl sites for hydroxylation is 1. The number of hydrogen-bond acceptors (Lipinski definition) is 4. The van der Waals surface area contributed by atoms with Crippen molar-refractivity contribution in [3.63, 3.8) is 0 Å². The van der Waals surface area contributed by atoms with Crippen molar-refractivity contribution in [2.24, 2.45) is 18.8 Å². The predicted molar refractivity (Wildman–Crippen MR) is 71.0 cm³/mol. The molecule has 0 aromatic carbocycles. The zero-order valence-electron chi connectivity index (χ0n) is 10.9. The second-order valence-corrected chi connectivity index (χ2v) is 5.28. The SMILES string of the molecule is CCOC1CC(CC(NN)c2c(Cl)cnn2C)C1. The molecule has 1 heterocycles. The fraction of sp³-hybridized carbons (Fsp3) is 0.750. The summed E-state index contributed by atoms with van der Waals surface area (Å²) in [4.78, 5) is 0. The number of ether oxygens (including phenoxy) is 1. The van der Waals surface area contributed by atoms with Crippen LogP contribution in [0.25, 0.3) is 0 Å². The highest BCUT2D eigenvalue weighted by atomic mass is 35.5. The van der Waals surface area contributed by atoms with E-state index in [0.29, 0.717) is 17.0 Å². The monoisotopic (exact) mass is 272 g/mol. The van der Waals surface area contributed by atoms with Crippen LogP contribution < -0.4 is 11.3 Å². The van der Waals surface area contributed by atoms with Gasteiger partial charge in [-0.1, -0.05) is 11.6 Å². The molecule has 2 rings (SSSR count). The van der Waals surface area contributed by atoms with Crippen LogP contribution in [0.5, 0.6) is 0 Å². The van der Waals surface area contributed by atoms with Gasteiger partial charge >= 0.3 is 0 Å². The van der Waals surface area contributed by atoms with Crippen LogP contribution in [0.15, 0.2) is 6.20 Å². The van der Waals surface area contributed by atoms with E-state index in [1.54, 1.807) is 10.9 Å². The molecule has 1 atom stereocenters. The number of hydrazine groups is 1. The van der Waals surface area contributed by atoms with Crippen LogP contribution in [-0.4, -0.2) is 22.5 Å². The normalized spacial score (nSPS) is 24.9. The van der Waals surface area contributed by atoms with E-state index in [1.165, 1.54) is 0 Å². The van der Waals surface area contributed by atoms with E-state index in [-0.39, 0.29) is 6.04 Å². The molecule has 0 radical (unpaired) electrons. The number of aromatic nitrogens is 2. The molecule has 102 valence electrons. The highest BCUT2D eigenvalue weighted by molar-refractivity contribution is 6.31. The van der Waals surface area contributed by atoms with Gasteiger partial charge in [-0.2, -0.15) is 5.10 Å². The number of hydrogen-bond donors (Lipinski definition) is 2. The molecule has 0 spiro atoms. The summed E-state index contributed by atoms with van der Waals surface area (Å²) in [5.74, 6) is 6.29. The maximum absolute atomic E-state index is 6.14. The van der Waals surface area contributed by atoms with E-state index < -0.39 is 0 Å². The lowest BCUT2D eigenvalue weighted by atomic mass is 9.78. The van der Waals surface area contributed by atoms with Crippen molar-refractivity contribution in [1.29, 1.82) is 0 Å². The average Bonchev–Trinajstić information content (AvgIpc) is 2.63. The van der Waals surface area contributed by atoms with Crippen LogP contribution in [0.2, 0.25) is 5.02 Å². The van der Waals surface area contributed by atoms with Crippen LogP contribution in [0.3, 0.4) is 0 Å². The fourth-order valence-corrected chi connectivity index (χ4v) is 2.94. The molecule has 3 N–H and O–H groups in total. The highest BCUT2D eigenvalue weighted by Crippen LogP contribution is 2.37. The predicted octanol–water partition coefficient (Wildman–Crippen LogP) is 1.78. The van der Waals surface area contributed by atoms with Crippen molar-refractivity contribution in [1.82, 2.24) is 15.2 Å². The van der Waals surface area contributed by atoms with Crippen molar-refractivity contribution in [2.45, 2.75) is 38.3 Å². The molecule has 1 saturated carbocycles. The van der Waals surface area contributed by atoms with Gasteiger partial charge in [-0.3, -0.25) is 16.0 Å². The van der Waals surface area contributed by atoms with E-state index in [0.717, 1.165) is 31.6 Å². The molecule has 0 amide bonds. The smallest absolute Gasteiger partial charge is 0.0834 e. The Morgan fingerprint density at radius 3 is 2.89 bits per heavy atom. The Morgan fingerprint density at radius 1 is 1.67 bits per heavy atom. The number of halogens is 1. The molecule has 0 saturated heterocycles. The number of nitrogens with one attached hydrogen (secondary N) is 1. The quantitative estimate of drug-likeness (QED) is 0.612. The van der Waals surface area contributed by atoms with Crippen LogP contribution >= 0.6 is 11.6 Å². The first-order valence-corrected chi connectivity index (χ1v) is 6.78. The minimum Gasteiger partial charge on any atom is -0.378 e. The molecule has 1 unspecified atom stereocenters. The second kappa shape index (κ2) is 6.02. The Bertz CT molecular complexity index is 370. The van der Waals surface area contributed by atoms with Gasteiger partial charge in [0.25, 0.3) is 0 Å². The Hall–Kier alpha value is -0.620. The minimum atomic E-state index is 0.0533. The molecular weight excluding hydrogens is 252 g/mol. The summed E-state index contributed by atoms with van der Waals surface area (Å²) in [6.45, 7) is 2.83. The van der Waals surface area contributed by atoms with E-state index in [1.807, 2.05) is 14.0 Å². The van der Waals surface area contributed by atoms with Crippen molar-refractivity contribution in [3.05, 3.63) is 16.9 Å². The Morgan fingerprint density at radius 2 is 2.39 bits per heavy atom. The highest BCUT2D eigenvalue weighted by Gasteiger charge is 2.32. The Labute approximate surface area is 113 Å². The standard InChI is InChI=1S/C12H21ClN4O/c1-3-18-9-4-8(5-9)6-11(16-14)12-10(13)7-15-17(12)2/h7-9,11,16H,3-6,14H2,1-2H3. The topological polar surface area (TPSA) is 65.1 Å². The number of nitrogens with zero attached hydrogens (tertiary/aromatic N) is 2. The van der Waals surface area contributed by atoms with E-state index in [4.69, 9.17) is 22.2 Å². The van der Waals surface area contributed by atoms with Gasteiger partial charge in [0.05, 0.1) is 29.1 Å². The summed E-state index contributed by atoms with van der Waals surface area (Å²) in [6.07, 6.45) is 5.29. The zero-order chi connectivity index (χ0) is 13.1. The molecule has 1 aliphatic carbocycles. The number of nitrogens with two attached hydrogens (primary N) is 1. The summed E-state index contributed by atoms with van der Waals surface area (Å²) in [5.41, 5.74) is 3.80. The molecule has 18 heavy (non-hydrogen) atoms. The van der Waals surface area contributed by atoms with Crippen LogP contribution in [0, 0.1) is 5.92 Å². The molecule has 1 aromatic rings. The third-order valence-electron chi connectivity index (χ3n) is 3.63. The molecular formula is C12H21ClN4O. The molecule has 0 aliphatic heterocycles. The Kier molecular flexibility index (Phi) is 4.61. The summed E-state index contributed by atoms with van der Waals surface area (Å²) in [7, 11) is 1.88. The molecule has 1 aliphatic rings.